The Labute approximate surface area is 192 Å². The quantitative estimate of drug-likeness (QED) is 0.436. The third-order valence-electron chi connectivity index (χ3n) is 7.23. The van der Waals surface area contributed by atoms with Gasteiger partial charge in [0.25, 0.3) is 0 Å². The van der Waals surface area contributed by atoms with Crippen LogP contribution in [0.5, 0.6) is 0 Å². The Kier molecular flexibility index (Phi) is 7.37. The summed E-state index contributed by atoms with van der Waals surface area (Å²) in [5.41, 5.74) is 6.91. The fourth-order valence-electron chi connectivity index (χ4n) is 5.45. The lowest BCUT2D eigenvalue weighted by Crippen LogP contribution is -2.26. The van der Waals surface area contributed by atoms with E-state index in [0.29, 0.717) is 30.0 Å². The fraction of sp³-hybridized carbons (Fsp3) is 0.517. The fourth-order valence-corrected chi connectivity index (χ4v) is 5.45. The van der Waals surface area contributed by atoms with E-state index in [1.807, 2.05) is 6.20 Å². The molecule has 31 heavy (non-hydrogen) atoms. The van der Waals surface area contributed by atoms with Crippen molar-refractivity contribution in [1.29, 1.82) is 0 Å². The van der Waals surface area contributed by atoms with E-state index >= 15 is 0 Å². The number of benzene rings is 1. The first kappa shape index (κ1) is 22.0. The Bertz CT molecular complexity index is 929. The summed E-state index contributed by atoms with van der Waals surface area (Å²) < 4.78 is 0. The molecule has 1 fully saturated rings. The van der Waals surface area contributed by atoms with Gasteiger partial charge in [-0.3, -0.25) is 9.79 Å². The van der Waals surface area contributed by atoms with Gasteiger partial charge in [-0.2, -0.15) is 0 Å². The summed E-state index contributed by atoms with van der Waals surface area (Å²) in [7, 11) is 0. The van der Waals surface area contributed by atoms with Crippen molar-refractivity contribution in [3.05, 3.63) is 71.0 Å². The molecule has 0 spiro atoms. The highest BCUT2D eigenvalue weighted by molar-refractivity contribution is 6.05. The second-order valence-electron chi connectivity index (χ2n) is 9.93. The second kappa shape index (κ2) is 10.4. The number of Topliss-reactive ketones (excluding diaryl/α,β-unsaturated/α-hetero) is 1. The predicted octanol–water partition coefficient (Wildman–Crippen LogP) is 8.25. The summed E-state index contributed by atoms with van der Waals surface area (Å²) in [5, 5.41) is 0. The number of carbonyl (C=O) groups excluding carboxylic acids is 1. The molecule has 2 aliphatic carbocycles. The van der Waals surface area contributed by atoms with E-state index in [0.717, 1.165) is 32.1 Å². The van der Waals surface area contributed by atoms with Gasteiger partial charge >= 0.3 is 0 Å². The van der Waals surface area contributed by atoms with Crippen molar-refractivity contribution in [3.63, 3.8) is 0 Å². The van der Waals surface area contributed by atoms with E-state index in [-0.39, 0.29) is 4.28 Å². The largest absolute Gasteiger partial charge is 0.300 e. The average Bonchev–Trinajstić information content (AvgIpc) is 3.01. The van der Waals surface area contributed by atoms with Crippen molar-refractivity contribution in [2.24, 2.45) is 16.8 Å². The van der Waals surface area contributed by atoms with Crippen molar-refractivity contribution in [2.45, 2.75) is 84.0 Å². The van der Waals surface area contributed by atoms with E-state index in [2.05, 4.69) is 56.3 Å². The molecule has 1 aromatic carbocycles. The van der Waals surface area contributed by atoms with Crippen LogP contribution in [0.3, 0.4) is 0 Å². The second-order valence-corrected chi connectivity index (χ2v) is 9.93. The number of aliphatic imine (C=N–C) groups is 1. The van der Waals surface area contributed by atoms with Crippen LogP contribution in [0.2, 0.25) is 0 Å². The van der Waals surface area contributed by atoms with Crippen molar-refractivity contribution >= 4 is 11.5 Å². The minimum absolute atomic E-state index is 0. The molecule has 1 heterocycles. The monoisotopic (exact) mass is 421 g/mol. The van der Waals surface area contributed by atoms with Gasteiger partial charge < -0.3 is 0 Å². The average molecular weight is 422 g/mol. The molecule has 0 aromatic heterocycles. The molecule has 170 valence electrons. The van der Waals surface area contributed by atoms with E-state index in [9.17, 15) is 4.79 Å². The van der Waals surface area contributed by atoms with Crippen molar-refractivity contribution in [1.82, 2.24) is 0 Å². The van der Waals surface area contributed by atoms with E-state index < -0.39 is 0 Å². The highest BCUT2D eigenvalue weighted by Gasteiger charge is 2.29. The van der Waals surface area contributed by atoms with E-state index in [4.69, 9.17) is 4.99 Å². The third kappa shape index (κ3) is 5.73. The molecule has 0 saturated heterocycles. The molecule has 2 heteroatoms. The molecule has 1 saturated carbocycles. The van der Waals surface area contributed by atoms with Gasteiger partial charge in [0.15, 0.2) is 0 Å². The molecular formula is C29H43NO. The number of hydrogen-bond donors (Lipinski definition) is 0. The summed E-state index contributed by atoms with van der Waals surface area (Å²) in [5.74, 6) is 1.98. The van der Waals surface area contributed by atoms with Crippen molar-refractivity contribution < 1.29 is 9.07 Å². The maximum absolute atomic E-state index is 12.8. The summed E-state index contributed by atoms with van der Waals surface area (Å²) in [6.07, 6.45) is 19.2. The minimum atomic E-state index is 0. The zero-order chi connectivity index (χ0) is 21.6. The number of aryl methyl sites for hydroxylation is 1. The Morgan fingerprint density at radius 1 is 1.23 bits per heavy atom. The zero-order valence-corrected chi connectivity index (χ0v) is 19.3. The molecule has 4 rings (SSSR count). The first-order chi connectivity index (χ1) is 15.1. The van der Waals surface area contributed by atoms with Crippen LogP contribution in [0.1, 0.15) is 93.0 Å². The topological polar surface area (TPSA) is 29.4 Å². The molecule has 3 aliphatic rings. The number of carbonyl (C=O) groups is 1. The number of allylic oxidation sites excluding steroid dienone is 5. The lowest BCUT2D eigenvalue weighted by Gasteiger charge is -2.31. The van der Waals surface area contributed by atoms with Crippen LogP contribution in [0.15, 0.2) is 64.8 Å². The maximum Gasteiger partial charge on any atom is 0.133 e. The minimum Gasteiger partial charge on any atom is -0.300 e. The van der Waals surface area contributed by atoms with Crippen molar-refractivity contribution in [3.8, 4) is 0 Å². The maximum atomic E-state index is 12.8. The van der Waals surface area contributed by atoms with Crippen LogP contribution < -0.4 is 0 Å². The van der Waals surface area contributed by atoms with Crippen LogP contribution >= 0.6 is 0 Å². The Morgan fingerprint density at radius 3 is 3.00 bits per heavy atom. The summed E-state index contributed by atoms with van der Waals surface area (Å²) in [4.78, 5) is 17.7. The highest BCUT2D eigenvalue weighted by Crippen LogP contribution is 2.37. The first-order valence-electron chi connectivity index (χ1n) is 12.3. The van der Waals surface area contributed by atoms with Gasteiger partial charge in [-0.15, -0.1) is 0 Å². The zero-order valence-electron chi connectivity index (χ0n) is 19.3. The van der Waals surface area contributed by atoms with Gasteiger partial charge in [-0.25, -0.2) is 0 Å². The Balaban J connectivity index is 0.00000193. The molecule has 0 amide bonds. The number of nitrogens with zero attached hydrogens (tertiary/aromatic N) is 1. The normalized spacial score (nSPS) is 23.5. The van der Waals surface area contributed by atoms with Crippen LogP contribution in [0.4, 0.5) is 0 Å². The molecule has 1 unspecified atom stereocenters. The molecule has 0 N–H and O–H groups in total. The molecule has 0 radical (unpaired) electrons. The molecule has 2 atom stereocenters. The van der Waals surface area contributed by atoms with Gasteiger partial charge in [0.1, 0.15) is 5.78 Å². The smallest absolute Gasteiger partial charge is 0.133 e. The number of hydrogen-bond acceptors (Lipinski definition) is 2. The van der Waals surface area contributed by atoms with Crippen molar-refractivity contribution in [2.75, 3.05) is 0 Å². The van der Waals surface area contributed by atoms with Gasteiger partial charge in [-0.1, -0.05) is 68.3 Å². The Morgan fingerprint density at radius 2 is 2.13 bits per heavy atom. The van der Waals surface area contributed by atoms with E-state index in [1.165, 1.54) is 48.1 Å². The third-order valence-corrected chi connectivity index (χ3v) is 7.23. The molecule has 1 aliphatic heterocycles. The number of ketones is 1. The lowest BCUT2D eigenvalue weighted by molar-refractivity contribution is -0.120. The van der Waals surface area contributed by atoms with Crippen LogP contribution in [-0.2, 0) is 11.2 Å². The predicted molar refractivity (Wildman–Crippen MR) is 137 cm³/mol. The van der Waals surface area contributed by atoms with Gasteiger partial charge in [-0.05, 0) is 73.5 Å². The summed E-state index contributed by atoms with van der Waals surface area (Å²) >= 11 is 0. The van der Waals surface area contributed by atoms with E-state index in [1.54, 1.807) is 5.57 Å². The molecule has 1 aromatic rings. The molecular weight excluding hydrogens is 378 g/mol. The molecule has 0 bridgehead atoms. The SMILES string of the molecule is CC(C)c1cccc(CCC(=O)C[C@@H]2CCCC(C3=NC=CCC4=C3C=CCC4)C2)c1.[HH].[HH].[HH]. The Hall–Kier alpha value is -2.22. The van der Waals surface area contributed by atoms with Crippen LogP contribution in [-0.4, -0.2) is 11.5 Å². The van der Waals surface area contributed by atoms with Gasteiger partial charge in [0.05, 0.1) is 5.71 Å². The first-order valence-corrected chi connectivity index (χ1v) is 12.3. The number of rotatable bonds is 7. The van der Waals surface area contributed by atoms with Gasteiger partial charge in [0, 0.05) is 29.2 Å². The summed E-state index contributed by atoms with van der Waals surface area (Å²) in [6.45, 7) is 4.44. The highest BCUT2D eigenvalue weighted by atomic mass is 16.1. The van der Waals surface area contributed by atoms with Crippen LogP contribution in [0.25, 0.3) is 0 Å². The lowest BCUT2D eigenvalue weighted by atomic mass is 9.74. The molecule has 2 nitrogen and oxygen atoms in total. The van der Waals surface area contributed by atoms with Crippen LogP contribution in [0, 0.1) is 11.8 Å². The summed E-state index contributed by atoms with van der Waals surface area (Å²) in [6, 6.07) is 8.75. The van der Waals surface area contributed by atoms with Gasteiger partial charge in [0.2, 0.25) is 0 Å². The standard InChI is InChI=1S/C29H37NO.3H2/c1-21(2)25-11-5-8-22(18-25)15-16-27(31)20-23-9-6-12-26(19-23)29-28-14-4-3-10-24(28)13-7-17-30-29;;;/h4-5,7-8,11,14,17-18,21,23,26H,3,6,9-10,12-13,15-16,19-20H2,1-2H3;3*1H/t23-,26?;;;/m1.../s1.